The molecule has 0 amide bonds. The summed E-state index contributed by atoms with van der Waals surface area (Å²) in [4.78, 5) is 10.5. The summed E-state index contributed by atoms with van der Waals surface area (Å²) < 4.78 is 5.61. The molecule has 0 aliphatic heterocycles. The van der Waals surface area contributed by atoms with E-state index in [9.17, 15) is 10.1 Å². The number of ether oxygens (including phenoxy) is 1. The number of benzene rings is 2. The van der Waals surface area contributed by atoms with Gasteiger partial charge in [-0.3, -0.25) is 10.1 Å². The van der Waals surface area contributed by atoms with Crippen LogP contribution in [0.5, 0.6) is 11.5 Å². The van der Waals surface area contributed by atoms with Crippen molar-refractivity contribution >= 4 is 17.3 Å². The molecular formula is C15H11ClN2O3. The van der Waals surface area contributed by atoms with Crippen LogP contribution in [0.4, 0.5) is 5.69 Å². The Morgan fingerprint density at radius 1 is 1.29 bits per heavy atom. The molecule has 0 aliphatic carbocycles. The van der Waals surface area contributed by atoms with Crippen LogP contribution in [0.2, 0.25) is 0 Å². The van der Waals surface area contributed by atoms with Crippen molar-refractivity contribution in [2.45, 2.75) is 12.8 Å². The summed E-state index contributed by atoms with van der Waals surface area (Å²) in [6.07, 6.45) is 0. The monoisotopic (exact) mass is 302 g/mol. The molecule has 0 atom stereocenters. The van der Waals surface area contributed by atoms with Gasteiger partial charge in [-0.05, 0) is 25.1 Å². The Bertz CT molecular complexity index is 738. The Labute approximate surface area is 126 Å². The van der Waals surface area contributed by atoms with Crippen molar-refractivity contribution in [2.75, 3.05) is 0 Å². The minimum atomic E-state index is -0.579. The maximum absolute atomic E-state index is 11.1. The number of nitro groups is 1. The molecule has 2 aromatic rings. The van der Waals surface area contributed by atoms with Crippen molar-refractivity contribution in [2.24, 2.45) is 0 Å². The number of alkyl halides is 1. The van der Waals surface area contributed by atoms with E-state index in [0.717, 1.165) is 11.1 Å². The fourth-order valence-electron chi connectivity index (χ4n) is 1.85. The molecule has 0 saturated heterocycles. The quantitative estimate of drug-likeness (QED) is 0.479. The molecule has 6 heteroatoms. The van der Waals surface area contributed by atoms with Crippen LogP contribution in [0.1, 0.15) is 16.7 Å². The predicted molar refractivity (Wildman–Crippen MR) is 78.6 cm³/mol. The van der Waals surface area contributed by atoms with E-state index >= 15 is 0 Å². The third-order valence-corrected chi connectivity index (χ3v) is 3.15. The van der Waals surface area contributed by atoms with Crippen LogP contribution in [-0.2, 0) is 5.88 Å². The van der Waals surface area contributed by atoms with Crippen LogP contribution >= 0.6 is 11.6 Å². The second kappa shape index (κ2) is 6.25. The molecule has 2 rings (SSSR count). The van der Waals surface area contributed by atoms with Crippen molar-refractivity contribution in [3.63, 3.8) is 0 Å². The van der Waals surface area contributed by atoms with Gasteiger partial charge in [-0.2, -0.15) is 5.26 Å². The normalized spacial score (nSPS) is 9.95. The van der Waals surface area contributed by atoms with E-state index in [0.29, 0.717) is 5.75 Å². The van der Waals surface area contributed by atoms with Gasteiger partial charge in [0, 0.05) is 11.6 Å². The van der Waals surface area contributed by atoms with Gasteiger partial charge in [0.1, 0.15) is 5.75 Å². The van der Waals surface area contributed by atoms with Gasteiger partial charge in [-0.1, -0.05) is 17.7 Å². The first kappa shape index (κ1) is 14.8. The molecule has 0 spiro atoms. The predicted octanol–water partition coefficient (Wildman–Crippen LogP) is 4.31. The largest absolute Gasteiger partial charge is 0.450 e. The molecule has 0 heterocycles. The molecule has 0 fully saturated rings. The van der Waals surface area contributed by atoms with Crippen molar-refractivity contribution < 1.29 is 9.66 Å². The van der Waals surface area contributed by atoms with Gasteiger partial charge in [0.2, 0.25) is 5.75 Å². The Balaban J connectivity index is 2.45. The summed E-state index contributed by atoms with van der Waals surface area (Å²) in [5.74, 6) is 0.777. The van der Waals surface area contributed by atoms with E-state index in [1.807, 2.05) is 25.1 Å². The first-order valence-corrected chi connectivity index (χ1v) is 6.60. The zero-order valence-electron chi connectivity index (χ0n) is 11.2. The molecule has 2 aromatic carbocycles. The number of aryl methyl sites for hydroxylation is 1. The van der Waals surface area contributed by atoms with Gasteiger partial charge in [0.05, 0.1) is 22.4 Å². The van der Waals surface area contributed by atoms with Gasteiger partial charge in [-0.15, -0.1) is 11.6 Å². The number of hydrogen-bond donors (Lipinski definition) is 0. The second-order valence-electron chi connectivity index (χ2n) is 4.40. The van der Waals surface area contributed by atoms with E-state index in [2.05, 4.69) is 0 Å². The number of nitrogens with zero attached hydrogens (tertiary/aromatic N) is 2. The Kier molecular flexibility index (Phi) is 4.41. The van der Waals surface area contributed by atoms with Gasteiger partial charge in [-0.25, -0.2) is 0 Å². The highest BCUT2D eigenvalue weighted by atomic mass is 35.5. The van der Waals surface area contributed by atoms with Gasteiger partial charge in [0.25, 0.3) is 0 Å². The maximum Gasteiger partial charge on any atom is 0.312 e. The van der Waals surface area contributed by atoms with Crippen molar-refractivity contribution in [3.8, 4) is 17.6 Å². The molecule has 0 saturated carbocycles. The highest BCUT2D eigenvalue weighted by Crippen LogP contribution is 2.34. The molecule has 0 bridgehead atoms. The number of nitriles is 1. The van der Waals surface area contributed by atoms with E-state index in [1.54, 1.807) is 6.07 Å². The van der Waals surface area contributed by atoms with Crippen LogP contribution in [0.15, 0.2) is 36.4 Å². The standard InChI is InChI=1S/C15H11ClN2O3/c1-10-2-4-14(12(6-10)8-16)21-15-5-3-11(9-17)7-13(15)18(19)20/h2-7H,8H2,1H3. The average molecular weight is 303 g/mol. The zero-order chi connectivity index (χ0) is 15.4. The Morgan fingerprint density at radius 2 is 2.00 bits per heavy atom. The lowest BCUT2D eigenvalue weighted by atomic mass is 10.1. The van der Waals surface area contributed by atoms with Crippen LogP contribution in [0.25, 0.3) is 0 Å². The molecule has 0 aliphatic rings. The summed E-state index contributed by atoms with van der Waals surface area (Å²) >= 11 is 5.86. The lowest BCUT2D eigenvalue weighted by Crippen LogP contribution is -1.96. The highest BCUT2D eigenvalue weighted by Gasteiger charge is 2.18. The molecular weight excluding hydrogens is 292 g/mol. The maximum atomic E-state index is 11.1. The Hall–Kier alpha value is -2.58. The molecule has 0 aromatic heterocycles. The molecule has 0 unspecified atom stereocenters. The van der Waals surface area contributed by atoms with E-state index in [1.165, 1.54) is 18.2 Å². The number of hydrogen-bond acceptors (Lipinski definition) is 4. The SMILES string of the molecule is Cc1ccc(Oc2ccc(C#N)cc2[N+](=O)[O-])c(CCl)c1. The van der Waals surface area contributed by atoms with Gasteiger partial charge in [0.15, 0.2) is 0 Å². The lowest BCUT2D eigenvalue weighted by molar-refractivity contribution is -0.385. The van der Waals surface area contributed by atoms with Crippen molar-refractivity contribution in [1.82, 2.24) is 0 Å². The van der Waals surface area contributed by atoms with Crippen molar-refractivity contribution in [1.29, 1.82) is 5.26 Å². The first-order chi connectivity index (χ1) is 10.0. The first-order valence-electron chi connectivity index (χ1n) is 6.07. The van der Waals surface area contributed by atoms with E-state index in [4.69, 9.17) is 21.6 Å². The minimum absolute atomic E-state index is 0.0780. The third kappa shape index (κ3) is 3.30. The Morgan fingerprint density at radius 3 is 2.62 bits per heavy atom. The van der Waals surface area contributed by atoms with Gasteiger partial charge >= 0.3 is 5.69 Å². The number of rotatable bonds is 4. The number of nitro benzene ring substituents is 1. The molecule has 0 N–H and O–H groups in total. The van der Waals surface area contributed by atoms with E-state index in [-0.39, 0.29) is 22.9 Å². The summed E-state index contributed by atoms with van der Waals surface area (Å²) in [5, 5.41) is 19.9. The lowest BCUT2D eigenvalue weighted by Gasteiger charge is -2.10. The highest BCUT2D eigenvalue weighted by molar-refractivity contribution is 6.17. The summed E-state index contributed by atoms with van der Waals surface area (Å²) in [6.45, 7) is 1.92. The third-order valence-electron chi connectivity index (χ3n) is 2.86. The van der Waals surface area contributed by atoms with Crippen LogP contribution in [0, 0.1) is 28.4 Å². The molecule has 5 nitrogen and oxygen atoms in total. The van der Waals surface area contributed by atoms with Crippen LogP contribution in [0.3, 0.4) is 0 Å². The molecule has 21 heavy (non-hydrogen) atoms. The summed E-state index contributed by atoms with van der Waals surface area (Å²) in [7, 11) is 0. The molecule has 106 valence electrons. The average Bonchev–Trinajstić information content (AvgIpc) is 2.49. The fraction of sp³-hybridized carbons (Fsp3) is 0.133. The fourth-order valence-corrected chi connectivity index (χ4v) is 2.06. The van der Waals surface area contributed by atoms with E-state index < -0.39 is 4.92 Å². The number of halogens is 1. The second-order valence-corrected chi connectivity index (χ2v) is 4.67. The molecule has 0 radical (unpaired) electrons. The summed E-state index contributed by atoms with van der Waals surface area (Å²) in [6, 6.07) is 11.3. The van der Waals surface area contributed by atoms with Gasteiger partial charge < -0.3 is 4.74 Å². The van der Waals surface area contributed by atoms with Crippen LogP contribution < -0.4 is 4.74 Å². The van der Waals surface area contributed by atoms with Crippen LogP contribution in [-0.4, -0.2) is 4.92 Å². The zero-order valence-corrected chi connectivity index (χ0v) is 11.9. The topological polar surface area (TPSA) is 76.2 Å². The summed E-state index contributed by atoms with van der Waals surface area (Å²) in [5.41, 5.74) is 1.72. The van der Waals surface area contributed by atoms with Crippen molar-refractivity contribution in [3.05, 3.63) is 63.2 Å². The smallest absolute Gasteiger partial charge is 0.312 e. The minimum Gasteiger partial charge on any atom is -0.450 e.